The maximum atomic E-state index is 11.9. The second-order valence-corrected chi connectivity index (χ2v) is 5.74. The van der Waals surface area contributed by atoms with Crippen molar-refractivity contribution in [2.24, 2.45) is 0 Å². The number of amides is 1. The highest BCUT2D eigenvalue weighted by Crippen LogP contribution is 1.98. The Labute approximate surface area is 163 Å². The van der Waals surface area contributed by atoms with E-state index in [9.17, 15) is 9.59 Å². The van der Waals surface area contributed by atoms with Crippen molar-refractivity contribution in [2.75, 3.05) is 79.5 Å². The Kier molecular flexibility index (Phi) is 16.9. The Morgan fingerprint density at radius 3 is 2.04 bits per heavy atom. The SMILES string of the molecule is C=CC(=O)N(CCC(=O)OCCOCCOCCOC)CCN(CC)CC. The molecule has 0 atom stereocenters. The average molecular weight is 389 g/mol. The second-order valence-electron chi connectivity index (χ2n) is 5.74. The molecule has 0 aromatic carbocycles. The van der Waals surface area contributed by atoms with Crippen LogP contribution in [0.5, 0.6) is 0 Å². The third-order valence-corrected chi connectivity index (χ3v) is 3.95. The van der Waals surface area contributed by atoms with Crippen LogP contribution in [0.25, 0.3) is 0 Å². The minimum Gasteiger partial charge on any atom is -0.463 e. The van der Waals surface area contributed by atoms with E-state index in [0.29, 0.717) is 46.1 Å². The van der Waals surface area contributed by atoms with Gasteiger partial charge in [0.2, 0.25) is 5.91 Å². The molecule has 1 amide bonds. The highest BCUT2D eigenvalue weighted by atomic mass is 16.6. The molecule has 8 nitrogen and oxygen atoms in total. The van der Waals surface area contributed by atoms with Crippen molar-refractivity contribution in [3.8, 4) is 0 Å². The second kappa shape index (κ2) is 17.9. The molecule has 0 unspecified atom stereocenters. The van der Waals surface area contributed by atoms with Gasteiger partial charge in [0.25, 0.3) is 0 Å². The molecule has 0 bridgehead atoms. The summed E-state index contributed by atoms with van der Waals surface area (Å²) in [5, 5.41) is 0. The summed E-state index contributed by atoms with van der Waals surface area (Å²) in [7, 11) is 1.62. The fourth-order valence-electron chi connectivity index (χ4n) is 2.24. The number of hydrogen-bond acceptors (Lipinski definition) is 7. The number of likely N-dealkylation sites (N-methyl/N-ethyl adjacent to an activating group) is 1. The van der Waals surface area contributed by atoms with Gasteiger partial charge in [0.05, 0.1) is 39.5 Å². The molecule has 27 heavy (non-hydrogen) atoms. The molecule has 0 radical (unpaired) electrons. The smallest absolute Gasteiger partial charge is 0.307 e. The van der Waals surface area contributed by atoms with Crippen molar-refractivity contribution in [1.29, 1.82) is 0 Å². The quantitative estimate of drug-likeness (QED) is 0.197. The summed E-state index contributed by atoms with van der Waals surface area (Å²) in [6.07, 6.45) is 1.42. The van der Waals surface area contributed by atoms with E-state index in [1.165, 1.54) is 6.08 Å². The lowest BCUT2D eigenvalue weighted by molar-refractivity contribution is -0.146. The van der Waals surface area contributed by atoms with Crippen LogP contribution in [0.3, 0.4) is 0 Å². The zero-order valence-corrected chi connectivity index (χ0v) is 17.1. The van der Waals surface area contributed by atoms with E-state index in [0.717, 1.165) is 19.6 Å². The van der Waals surface area contributed by atoms with E-state index in [1.54, 1.807) is 12.0 Å². The van der Waals surface area contributed by atoms with Crippen molar-refractivity contribution < 1.29 is 28.5 Å². The Balaban J connectivity index is 3.89. The molecule has 0 fully saturated rings. The molecule has 0 aliphatic rings. The van der Waals surface area contributed by atoms with Gasteiger partial charge in [-0.05, 0) is 19.2 Å². The zero-order valence-electron chi connectivity index (χ0n) is 17.1. The van der Waals surface area contributed by atoms with E-state index < -0.39 is 0 Å². The summed E-state index contributed by atoms with van der Waals surface area (Å²) in [5.41, 5.74) is 0. The minimum absolute atomic E-state index is 0.151. The molecule has 0 saturated heterocycles. The van der Waals surface area contributed by atoms with Crippen molar-refractivity contribution in [1.82, 2.24) is 9.80 Å². The summed E-state index contributed by atoms with van der Waals surface area (Å²) in [5.74, 6) is -0.522. The first-order valence-electron chi connectivity index (χ1n) is 9.52. The lowest BCUT2D eigenvalue weighted by Gasteiger charge is -2.25. The highest BCUT2D eigenvalue weighted by Gasteiger charge is 2.14. The lowest BCUT2D eigenvalue weighted by atomic mass is 10.3. The molecule has 0 saturated carbocycles. The third kappa shape index (κ3) is 14.3. The normalized spacial score (nSPS) is 10.8. The molecule has 0 aromatic rings. The molecule has 0 spiro atoms. The maximum Gasteiger partial charge on any atom is 0.307 e. The molecule has 0 aliphatic heterocycles. The largest absolute Gasteiger partial charge is 0.463 e. The monoisotopic (exact) mass is 388 g/mol. The number of carbonyl (C=O) groups excluding carboxylic acids is 2. The van der Waals surface area contributed by atoms with Crippen LogP contribution in [0.2, 0.25) is 0 Å². The van der Waals surface area contributed by atoms with Crippen LogP contribution in [0.4, 0.5) is 0 Å². The van der Waals surface area contributed by atoms with Crippen molar-refractivity contribution in [3.63, 3.8) is 0 Å². The molecule has 158 valence electrons. The zero-order chi connectivity index (χ0) is 20.3. The van der Waals surface area contributed by atoms with Gasteiger partial charge >= 0.3 is 5.97 Å². The van der Waals surface area contributed by atoms with Gasteiger partial charge in [0.1, 0.15) is 6.61 Å². The van der Waals surface area contributed by atoms with Crippen LogP contribution < -0.4 is 0 Å². The van der Waals surface area contributed by atoms with Crippen molar-refractivity contribution >= 4 is 11.9 Å². The van der Waals surface area contributed by atoms with E-state index in [2.05, 4.69) is 25.3 Å². The van der Waals surface area contributed by atoms with Crippen LogP contribution in [-0.2, 0) is 28.5 Å². The average Bonchev–Trinajstić information content (AvgIpc) is 2.68. The van der Waals surface area contributed by atoms with Crippen LogP contribution in [0.1, 0.15) is 20.3 Å². The van der Waals surface area contributed by atoms with Crippen molar-refractivity contribution in [3.05, 3.63) is 12.7 Å². The molecule has 0 aliphatic carbocycles. The highest BCUT2D eigenvalue weighted by molar-refractivity contribution is 5.87. The fraction of sp³-hybridized carbons (Fsp3) is 0.789. The number of ether oxygens (including phenoxy) is 4. The first kappa shape index (κ1) is 25.5. The number of hydrogen-bond donors (Lipinski definition) is 0. The molecular formula is C19H36N2O6. The Bertz CT molecular complexity index is 402. The Morgan fingerprint density at radius 1 is 0.889 bits per heavy atom. The summed E-state index contributed by atoms with van der Waals surface area (Å²) < 4.78 is 20.5. The van der Waals surface area contributed by atoms with E-state index in [4.69, 9.17) is 18.9 Å². The number of nitrogens with zero attached hydrogens (tertiary/aromatic N) is 2. The molecule has 0 rings (SSSR count). The topological polar surface area (TPSA) is 77.5 Å². The minimum atomic E-state index is -0.348. The molecule has 0 heterocycles. The van der Waals surface area contributed by atoms with Gasteiger partial charge in [0.15, 0.2) is 0 Å². The van der Waals surface area contributed by atoms with Gasteiger partial charge in [-0.25, -0.2) is 0 Å². The maximum absolute atomic E-state index is 11.9. The lowest BCUT2D eigenvalue weighted by Crippen LogP contribution is -2.39. The summed E-state index contributed by atoms with van der Waals surface area (Å²) in [6.45, 7) is 13.7. The molecule has 8 heteroatoms. The standard InChI is InChI=1S/C19H36N2O6/c1-5-18(22)21(11-10-20(6-2)7-3)9-8-19(23)27-17-16-26-15-14-25-13-12-24-4/h5H,1,6-17H2,2-4H3. The third-order valence-electron chi connectivity index (χ3n) is 3.95. The number of esters is 1. The first-order chi connectivity index (χ1) is 13.1. The number of carbonyl (C=O) groups is 2. The predicted molar refractivity (Wildman–Crippen MR) is 104 cm³/mol. The van der Waals surface area contributed by atoms with Gasteiger partial charge in [0, 0.05) is 26.7 Å². The van der Waals surface area contributed by atoms with E-state index >= 15 is 0 Å². The summed E-state index contributed by atoms with van der Waals surface area (Å²) >= 11 is 0. The summed E-state index contributed by atoms with van der Waals surface area (Å²) in [4.78, 5) is 27.6. The van der Waals surface area contributed by atoms with Crippen LogP contribution in [0, 0.1) is 0 Å². The number of rotatable bonds is 18. The Morgan fingerprint density at radius 2 is 1.48 bits per heavy atom. The van der Waals surface area contributed by atoms with Gasteiger partial charge in [-0.15, -0.1) is 0 Å². The van der Waals surface area contributed by atoms with Gasteiger partial charge in [-0.1, -0.05) is 20.4 Å². The van der Waals surface area contributed by atoms with E-state index in [-0.39, 0.29) is 24.9 Å². The van der Waals surface area contributed by atoms with Gasteiger partial charge in [-0.2, -0.15) is 0 Å². The van der Waals surface area contributed by atoms with Crippen LogP contribution >= 0.6 is 0 Å². The Hall–Kier alpha value is -1.48. The fourth-order valence-corrected chi connectivity index (χ4v) is 2.24. The molecule has 0 aromatic heterocycles. The van der Waals surface area contributed by atoms with E-state index in [1.807, 2.05) is 0 Å². The van der Waals surface area contributed by atoms with Crippen molar-refractivity contribution in [2.45, 2.75) is 20.3 Å². The molecule has 0 N–H and O–H groups in total. The van der Waals surface area contributed by atoms with Gasteiger partial charge in [-0.3, -0.25) is 9.59 Å². The van der Waals surface area contributed by atoms with Gasteiger partial charge < -0.3 is 28.7 Å². The van der Waals surface area contributed by atoms with Crippen LogP contribution in [-0.4, -0.2) is 101 Å². The predicted octanol–water partition coefficient (Wildman–Crippen LogP) is 0.956. The first-order valence-corrected chi connectivity index (χ1v) is 9.52. The van der Waals surface area contributed by atoms with Crippen LogP contribution in [0.15, 0.2) is 12.7 Å². The number of methoxy groups -OCH3 is 1. The summed E-state index contributed by atoms with van der Waals surface area (Å²) in [6, 6.07) is 0. The molecular weight excluding hydrogens is 352 g/mol.